The number of halogens is 3. The maximum absolute atomic E-state index is 12.8. The van der Waals surface area contributed by atoms with Crippen molar-refractivity contribution in [2.24, 2.45) is 0 Å². The molecule has 168 valence electrons. The van der Waals surface area contributed by atoms with E-state index in [1.807, 2.05) is 24.3 Å². The van der Waals surface area contributed by atoms with Crippen LogP contribution in [0.25, 0.3) is 0 Å². The molecule has 0 radical (unpaired) electrons. The Kier molecular flexibility index (Phi) is 6.14. The van der Waals surface area contributed by atoms with E-state index < -0.39 is 11.7 Å². The van der Waals surface area contributed by atoms with Crippen LogP contribution in [0.3, 0.4) is 0 Å². The van der Waals surface area contributed by atoms with Gasteiger partial charge in [-0.1, -0.05) is 12.1 Å². The van der Waals surface area contributed by atoms with Crippen molar-refractivity contribution >= 4 is 35.2 Å². The number of benzene rings is 2. The minimum atomic E-state index is -4.46. The Morgan fingerprint density at radius 1 is 0.906 bits per heavy atom. The van der Waals surface area contributed by atoms with Crippen molar-refractivity contribution in [1.29, 1.82) is 0 Å². The molecule has 0 N–H and O–H groups in total. The van der Waals surface area contributed by atoms with E-state index in [-0.39, 0.29) is 48.7 Å². The highest BCUT2D eigenvalue weighted by Gasteiger charge is 2.32. The van der Waals surface area contributed by atoms with E-state index in [1.165, 1.54) is 33.7 Å². The fourth-order valence-corrected chi connectivity index (χ4v) is 4.64. The number of thioether (sulfide) groups is 1. The smallest absolute Gasteiger partial charge is 0.338 e. The van der Waals surface area contributed by atoms with Gasteiger partial charge in [-0.2, -0.15) is 13.2 Å². The lowest BCUT2D eigenvalue weighted by Crippen LogP contribution is -2.53. The Morgan fingerprint density at radius 2 is 1.53 bits per heavy atom. The third-order valence-electron chi connectivity index (χ3n) is 5.48. The van der Waals surface area contributed by atoms with E-state index in [4.69, 9.17) is 0 Å². The number of amides is 3. The molecule has 0 unspecified atom stereocenters. The van der Waals surface area contributed by atoms with Gasteiger partial charge in [0.25, 0.3) is 5.91 Å². The first-order valence-electron chi connectivity index (χ1n) is 10.0. The average Bonchev–Trinajstić information content (AvgIpc) is 2.80. The van der Waals surface area contributed by atoms with Crippen LogP contribution in [0.5, 0.6) is 0 Å². The molecule has 0 aromatic heterocycles. The van der Waals surface area contributed by atoms with Crippen LogP contribution >= 0.6 is 11.8 Å². The molecule has 1 fully saturated rings. The maximum atomic E-state index is 12.8. The van der Waals surface area contributed by atoms with Gasteiger partial charge in [-0.3, -0.25) is 14.4 Å². The van der Waals surface area contributed by atoms with E-state index in [1.54, 1.807) is 4.90 Å². The summed E-state index contributed by atoms with van der Waals surface area (Å²) in [6.45, 7) is 1.06. The minimum absolute atomic E-state index is 0.0662. The van der Waals surface area contributed by atoms with E-state index in [2.05, 4.69) is 0 Å². The van der Waals surface area contributed by atoms with Gasteiger partial charge in [0.1, 0.15) is 6.54 Å². The van der Waals surface area contributed by atoms with Gasteiger partial charge in [0.05, 0.1) is 17.0 Å². The van der Waals surface area contributed by atoms with Crippen molar-refractivity contribution in [2.45, 2.75) is 11.1 Å². The molecule has 0 aliphatic carbocycles. The van der Waals surface area contributed by atoms with Crippen LogP contribution in [-0.2, 0) is 15.8 Å². The fourth-order valence-electron chi connectivity index (χ4n) is 3.71. The molecule has 2 aliphatic heterocycles. The largest absolute Gasteiger partial charge is 0.416 e. The number of anilines is 1. The van der Waals surface area contributed by atoms with Crippen LogP contribution < -0.4 is 4.90 Å². The number of fused-ring (bicyclic) bond motifs is 1. The second kappa shape index (κ2) is 8.85. The normalized spacial score (nSPS) is 16.7. The van der Waals surface area contributed by atoms with Gasteiger partial charge in [-0.05, 0) is 36.4 Å². The predicted molar refractivity (Wildman–Crippen MR) is 113 cm³/mol. The quantitative estimate of drug-likeness (QED) is 0.702. The third kappa shape index (κ3) is 4.59. The number of rotatable bonds is 3. The first kappa shape index (κ1) is 22.2. The zero-order chi connectivity index (χ0) is 22.9. The summed E-state index contributed by atoms with van der Waals surface area (Å²) in [5.41, 5.74) is 0.0840. The fraction of sp³-hybridized carbons (Fsp3) is 0.318. The molecule has 0 bridgehead atoms. The van der Waals surface area contributed by atoms with Gasteiger partial charge in [-0.15, -0.1) is 11.8 Å². The first-order valence-corrected chi connectivity index (χ1v) is 11.0. The summed E-state index contributed by atoms with van der Waals surface area (Å²) in [4.78, 5) is 43.4. The molecular weight excluding hydrogens is 443 g/mol. The predicted octanol–water partition coefficient (Wildman–Crippen LogP) is 3.13. The number of hydrogen-bond donors (Lipinski definition) is 0. The highest BCUT2D eigenvalue weighted by molar-refractivity contribution is 8.00. The third-order valence-corrected chi connectivity index (χ3v) is 6.53. The van der Waals surface area contributed by atoms with E-state index >= 15 is 0 Å². The van der Waals surface area contributed by atoms with E-state index in [0.29, 0.717) is 13.1 Å². The molecule has 2 aromatic carbocycles. The topological polar surface area (TPSA) is 60.9 Å². The standard InChI is InChI=1S/C22H20F3N3O3S/c23-22(24,25)16-7-5-15(6-8-16)21(31)27-11-9-26(10-12-27)19(29)13-28-17-3-1-2-4-18(17)32-14-20(28)30/h1-8H,9-14H2. The maximum Gasteiger partial charge on any atom is 0.416 e. The molecule has 2 aliphatic rings. The number of nitrogens with zero attached hydrogens (tertiary/aromatic N) is 3. The van der Waals surface area contributed by atoms with Gasteiger partial charge < -0.3 is 14.7 Å². The molecule has 4 rings (SSSR count). The average molecular weight is 463 g/mol. The van der Waals surface area contributed by atoms with Crippen molar-refractivity contribution < 1.29 is 27.6 Å². The number of carbonyl (C=O) groups is 3. The van der Waals surface area contributed by atoms with Crippen LogP contribution in [0.15, 0.2) is 53.4 Å². The number of piperazine rings is 1. The number of hydrogen-bond acceptors (Lipinski definition) is 4. The molecule has 0 spiro atoms. The van der Waals surface area contributed by atoms with Crippen LogP contribution in [0, 0.1) is 0 Å². The monoisotopic (exact) mass is 463 g/mol. The summed E-state index contributed by atoms with van der Waals surface area (Å²) in [5, 5.41) is 0. The summed E-state index contributed by atoms with van der Waals surface area (Å²) < 4.78 is 38.1. The Morgan fingerprint density at radius 3 is 2.19 bits per heavy atom. The van der Waals surface area contributed by atoms with Crippen LogP contribution in [0.1, 0.15) is 15.9 Å². The van der Waals surface area contributed by atoms with Crippen molar-refractivity contribution in [3.05, 3.63) is 59.7 Å². The Hall–Kier alpha value is -3.01. The number of carbonyl (C=O) groups excluding carboxylic acids is 3. The summed E-state index contributed by atoms with van der Waals surface area (Å²) >= 11 is 1.44. The molecule has 1 saturated heterocycles. The second-order valence-electron chi connectivity index (χ2n) is 7.48. The summed E-state index contributed by atoms with van der Waals surface area (Å²) in [7, 11) is 0. The Labute approximate surface area is 187 Å². The summed E-state index contributed by atoms with van der Waals surface area (Å²) in [5.74, 6) is -0.428. The Bertz CT molecular complexity index is 1030. The van der Waals surface area contributed by atoms with Gasteiger partial charge >= 0.3 is 6.18 Å². The number of alkyl halides is 3. The first-order chi connectivity index (χ1) is 15.2. The van der Waals surface area contributed by atoms with Crippen LogP contribution in [0.4, 0.5) is 18.9 Å². The summed E-state index contributed by atoms with van der Waals surface area (Å²) in [6, 6.07) is 11.5. The van der Waals surface area contributed by atoms with Crippen molar-refractivity contribution in [2.75, 3.05) is 43.4 Å². The molecule has 2 aromatic rings. The van der Waals surface area contributed by atoms with Crippen molar-refractivity contribution in [3.8, 4) is 0 Å². The zero-order valence-electron chi connectivity index (χ0n) is 17.0. The Balaban J connectivity index is 1.35. The molecule has 10 heteroatoms. The SMILES string of the molecule is O=C(CN1C(=O)CSc2ccccc21)N1CCN(C(=O)c2ccc(C(F)(F)F)cc2)CC1. The van der Waals surface area contributed by atoms with E-state index in [0.717, 1.165) is 22.7 Å². The molecule has 0 atom stereocenters. The van der Waals surface area contributed by atoms with Crippen LogP contribution in [-0.4, -0.2) is 66.0 Å². The van der Waals surface area contributed by atoms with Crippen molar-refractivity contribution in [3.63, 3.8) is 0 Å². The lowest BCUT2D eigenvalue weighted by molar-refractivity contribution is -0.137. The molecule has 6 nitrogen and oxygen atoms in total. The van der Waals surface area contributed by atoms with Gasteiger partial charge in [0.2, 0.25) is 11.8 Å². The molecule has 3 amide bonds. The second-order valence-corrected chi connectivity index (χ2v) is 8.50. The zero-order valence-corrected chi connectivity index (χ0v) is 17.8. The van der Waals surface area contributed by atoms with Gasteiger partial charge in [-0.25, -0.2) is 0 Å². The lowest BCUT2D eigenvalue weighted by atomic mass is 10.1. The summed E-state index contributed by atoms with van der Waals surface area (Å²) in [6.07, 6.45) is -4.46. The highest BCUT2D eigenvalue weighted by atomic mass is 32.2. The minimum Gasteiger partial charge on any atom is -0.338 e. The van der Waals surface area contributed by atoms with E-state index in [9.17, 15) is 27.6 Å². The van der Waals surface area contributed by atoms with Crippen molar-refractivity contribution in [1.82, 2.24) is 9.80 Å². The highest BCUT2D eigenvalue weighted by Crippen LogP contribution is 2.35. The van der Waals surface area contributed by atoms with Crippen LogP contribution in [0.2, 0.25) is 0 Å². The van der Waals surface area contributed by atoms with Gasteiger partial charge in [0.15, 0.2) is 0 Å². The molecule has 2 heterocycles. The van der Waals surface area contributed by atoms with Gasteiger partial charge in [0, 0.05) is 36.6 Å². The molecule has 0 saturated carbocycles. The molecule has 32 heavy (non-hydrogen) atoms. The molecular formula is C22H20F3N3O3S. The lowest BCUT2D eigenvalue weighted by Gasteiger charge is -2.36. The number of para-hydroxylation sites is 1.